The summed E-state index contributed by atoms with van der Waals surface area (Å²) in [6, 6.07) is 15.4. The van der Waals surface area contributed by atoms with Crippen LogP contribution in [0.15, 0.2) is 53.1 Å². The van der Waals surface area contributed by atoms with Crippen LogP contribution in [-0.4, -0.2) is 16.0 Å². The van der Waals surface area contributed by atoms with Gasteiger partial charge in [-0.3, -0.25) is 9.63 Å². The average molecular weight is 379 g/mol. The number of fused-ring (bicyclic) bond motifs is 1. The molecule has 0 aliphatic heterocycles. The third kappa shape index (κ3) is 3.60. The number of hydrogen-bond donors (Lipinski definition) is 1. The Balaban J connectivity index is 1.62. The molecular formula is C20H17N3O3S. The summed E-state index contributed by atoms with van der Waals surface area (Å²) in [6.07, 6.45) is 0. The van der Waals surface area contributed by atoms with Crippen molar-refractivity contribution in [2.45, 2.75) is 20.5 Å². The van der Waals surface area contributed by atoms with E-state index in [1.165, 1.54) is 0 Å². The van der Waals surface area contributed by atoms with E-state index in [-0.39, 0.29) is 12.5 Å². The van der Waals surface area contributed by atoms with Crippen LogP contribution in [0.5, 0.6) is 0 Å². The lowest BCUT2D eigenvalue weighted by molar-refractivity contribution is 0.0235. The van der Waals surface area contributed by atoms with Gasteiger partial charge < -0.3 is 4.52 Å². The van der Waals surface area contributed by atoms with Crippen molar-refractivity contribution >= 4 is 28.3 Å². The Labute approximate surface area is 159 Å². The summed E-state index contributed by atoms with van der Waals surface area (Å²) >= 11 is 1.60. The van der Waals surface area contributed by atoms with E-state index >= 15 is 0 Å². The Hall–Kier alpha value is -3.03. The zero-order valence-corrected chi connectivity index (χ0v) is 15.7. The van der Waals surface area contributed by atoms with Gasteiger partial charge in [0, 0.05) is 4.88 Å². The van der Waals surface area contributed by atoms with Gasteiger partial charge in [0.2, 0.25) is 0 Å². The minimum atomic E-state index is -0.362. The van der Waals surface area contributed by atoms with E-state index in [1.807, 2.05) is 49.4 Å². The summed E-state index contributed by atoms with van der Waals surface area (Å²) in [5, 5.41) is 4.54. The van der Waals surface area contributed by atoms with Crippen LogP contribution < -0.4 is 5.48 Å². The molecule has 6 nitrogen and oxygen atoms in total. The third-order valence-electron chi connectivity index (χ3n) is 4.10. The van der Waals surface area contributed by atoms with Crippen molar-refractivity contribution in [3.63, 3.8) is 0 Å². The summed E-state index contributed by atoms with van der Waals surface area (Å²) in [6.45, 7) is 4.08. The molecule has 0 fully saturated rings. The van der Waals surface area contributed by atoms with E-state index in [1.54, 1.807) is 24.3 Å². The van der Waals surface area contributed by atoms with Gasteiger partial charge in [-0.2, -0.15) is 0 Å². The highest BCUT2D eigenvalue weighted by molar-refractivity contribution is 7.15. The minimum absolute atomic E-state index is 0.278. The molecule has 0 unspecified atom stereocenters. The van der Waals surface area contributed by atoms with Crippen molar-refractivity contribution in [2.75, 3.05) is 0 Å². The quantitative estimate of drug-likeness (QED) is 0.519. The first-order chi connectivity index (χ1) is 13.1. The maximum Gasteiger partial charge on any atom is 0.275 e. The first-order valence-electron chi connectivity index (χ1n) is 8.41. The molecule has 0 saturated carbocycles. The lowest BCUT2D eigenvalue weighted by Gasteiger charge is -2.08. The number of aryl methyl sites for hydroxylation is 2. The lowest BCUT2D eigenvalue weighted by Crippen LogP contribution is -2.24. The fraction of sp³-hybridized carbons (Fsp3) is 0.150. The molecule has 4 rings (SSSR count). The Morgan fingerprint density at radius 1 is 1.19 bits per heavy atom. The SMILES string of the molecule is Cc1ccc(-c2cc(C(=O)NOCc3ccccc3)c3c(C)noc3n2)s1. The number of rotatable bonds is 5. The largest absolute Gasteiger partial charge is 0.335 e. The first-order valence-corrected chi connectivity index (χ1v) is 9.23. The average Bonchev–Trinajstić information content (AvgIpc) is 3.28. The zero-order chi connectivity index (χ0) is 18.8. The van der Waals surface area contributed by atoms with Gasteiger partial charge in [-0.15, -0.1) is 11.3 Å². The molecule has 4 aromatic rings. The van der Waals surface area contributed by atoms with Gasteiger partial charge in [-0.05, 0) is 37.6 Å². The number of hydroxylamine groups is 1. The topological polar surface area (TPSA) is 77.2 Å². The summed E-state index contributed by atoms with van der Waals surface area (Å²) in [5.41, 5.74) is 5.52. The third-order valence-corrected chi connectivity index (χ3v) is 5.12. The van der Waals surface area contributed by atoms with Crippen LogP contribution in [0.25, 0.3) is 21.7 Å². The highest BCUT2D eigenvalue weighted by Gasteiger charge is 2.20. The summed E-state index contributed by atoms with van der Waals surface area (Å²) in [7, 11) is 0. The van der Waals surface area contributed by atoms with Crippen molar-refractivity contribution in [1.82, 2.24) is 15.6 Å². The van der Waals surface area contributed by atoms with Gasteiger partial charge in [0.05, 0.1) is 33.8 Å². The maximum atomic E-state index is 12.8. The molecule has 136 valence electrons. The monoisotopic (exact) mass is 379 g/mol. The molecular weight excluding hydrogens is 362 g/mol. The van der Waals surface area contributed by atoms with E-state index in [4.69, 9.17) is 9.36 Å². The van der Waals surface area contributed by atoms with Crippen molar-refractivity contribution in [1.29, 1.82) is 0 Å². The number of pyridine rings is 1. The molecule has 0 aliphatic carbocycles. The van der Waals surface area contributed by atoms with Crippen LogP contribution in [0.3, 0.4) is 0 Å². The maximum absolute atomic E-state index is 12.8. The Morgan fingerprint density at radius 2 is 2.00 bits per heavy atom. The molecule has 1 N–H and O–H groups in total. The molecule has 0 spiro atoms. The van der Waals surface area contributed by atoms with Crippen LogP contribution in [0.2, 0.25) is 0 Å². The zero-order valence-electron chi connectivity index (χ0n) is 14.9. The number of nitrogens with zero attached hydrogens (tertiary/aromatic N) is 2. The normalized spacial score (nSPS) is 11.0. The minimum Gasteiger partial charge on any atom is -0.335 e. The molecule has 3 heterocycles. The molecule has 0 saturated heterocycles. The van der Waals surface area contributed by atoms with E-state index in [0.717, 1.165) is 15.3 Å². The predicted octanol–water partition coefficient (Wildman–Crippen LogP) is 4.43. The molecule has 0 aliphatic rings. The van der Waals surface area contributed by atoms with Gasteiger partial charge >= 0.3 is 0 Å². The van der Waals surface area contributed by atoms with Gasteiger partial charge in [-0.1, -0.05) is 35.5 Å². The standard InChI is InChI=1S/C20H17N3O3S/c1-12-8-9-17(27-12)16-10-15(18-13(2)22-26-20(18)21-16)19(24)23-25-11-14-6-4-3-5-7-14/h3-10H,11H2,1-2H3,(H,23,24). The van der Waals surface area contributed by atoms with Crippen LogP contribution in [-0.2, 0) is 11.4 Å². The molecule has 0 radical (unpaired) electrons. The smallest absolute Gasteiger partial charge is 0.275 e. The van der Waals surface area contributed by atoms with E-state index in [0.29, 0.717) is 28.1 Å². The fourth-order valence-electron chi connectivity index (χ4n) is 2.79. The van der Waals surface area contributed by atoms with Gasteiger partial charge in [0.25, 0.3) is 11.6 Å². The van der Waals surface area contributed by atoms with Crippen LogP contribution in [0.4, 0.5) is 0 Å². The summed E-state index contributed by atoms with van der Waals surface area (Å²) < 4.78 is 5.30. The molecule has 1 aromatic carbocycles. The Bertz CT molecular complexity index is 1100. The van der Waals surface area contributed by atoms with E-state index in [2.05, 4.69) is 15.6 Å². The number of aromatic nitrogens is 2. The fourth-order valence-corrected chi connectivity index (χ4v) is 3.61. The van der Waals surface area contributed by atoms with Crippen molar-refractivity contribution in [2.24, 2.45) is 0 Å². The molecule has 1 amide bonds. The summed E-state index contributed by atoms with van der Waals surface area (Å²) in [5.74, 6) is -0.362. The van der Waals surface area contributed by atoms with Crippen molar-refractivity contribution < 1.29 is 14.2 Å². The highest BCUT2D eigenvalue weighted by atomic mass is 32.1. The Kier molecular flexibility index (Phi) is 4.70. The number of carbonyl (C=O) groups is 1. The number of amides is 1. The Morgan fingerprint density at radius 3 is 2.74 bits per heavy atom. The van der Waals surface area contributed by atoms with Gasteiger partial charge in [0.1, 0.15) is 0 Å². The second-order valence-electron chi connectivity index (χ2n) is 6.12. The number of hydrogen-bond acceptors (Lipinski definition) is 6. The predicted molar refractivity (Wildman–Crippen MR) is 103 cm³/mol. The summed E-state index contributed by atoms with van der Waals surface area (Å²) in [4.78, 5) is 24.8. The van der Waals surface area contributed by atoms with E-state index < -0.39 is 0 Å². The van der Waals surface area contributed by atoms with Gasteiger partial charge in [0.15, 0.2) is 0 Å². The molecule has 3 aromatic heterocycles. The lowest BCUT2D eigenvalue weighted by atomic mass is 10.1. The van der Waals surface area contributed by atoms with Crippen LogP contribution in [0, 0.1) is 13.8 Å². The second-order valence-corrected chi connectivity index (χ2v) is 7.41. The van der Waals surface area contributed by atoms with Crippen LogP contribution >= 0.6 is 11.3 Å². The molecule has 7 heteroatoms. The molecule has 0 bridgehead atoms. The number of nitrogens with one attached hydrogen (secondary N) is 1. The highest BCUT2D eigenvalue weighted by Crippen LogP contribution is 2.31. The van der Waals surface area contributed by atoms with Gasteiger partial charge in [-0.25, -0.2) is 10.5 Å². The van der Waals surface area contributed by atoms with Crippen molar-refractivity contribution in [3.8, 4) is 10.6 Å². The first kappa shape index (κ1) is 17.4. The van der Waals surface area contributed by atoms with Crippen molar-refractivity contribution in [3.05, 3.63) is 70.2 Å². The van der Waals surface area contributed by atoms with E-state index in [9.17, 15) is 4.79 Å². The molecule has 27 heavy (non-hydrogen) atoms. The number of thiophene rings is 1. The number of carbonyl (C=O) groups excluding carboxylic acids is 1. The second kappa shape index (κ2) is 7.30. The molecule has 0 atom stereocenters. The van der Waals surface area contributed by atoms with Crippen LogP contribution in [0.1, 0.15) is 26.5 Å². The number of benzene rings is 1.